The molecule has 1 heterocycles. The second-order valence-corrected chi connectivity index (χ2v) is 6.22. The van der Waals surface area contributed by atoms with Gasteiger partial charge in [0.25, 0.3) is 5.91 Å². The molecular weight excluding hydrogens is 272 g/mol. The van der Waals surface area contributed by atoms with Crippen LogP contribution in [0.4, 0.5) is 0 Å². The van der Waals surface area contributed by atoms with Crippen LogP contribution in [0, 0.1) is 5.41 Å². The van der Waals surface area contributed by atoms with Crippen LogP contribution < -0.4 is 5.32 Å². The van der Waals surface area contributed by atoms with Gasteiger partial charge >= 0.3 is 5.97 Å². The molecule has 2 aliphatic rings. The van der Waals surface area contributed by atoms with Crippen LogP contribution >= 0.6 is 0 Å². The lowest BCUT2D eigenvalue weighted by molar-refractivity contribution is -0.150. The summed E-state index contributed by atoms with van der Waals surface area (Å²) in [6, 6.07) is 1.67. The standard InChI is InChI=1S/C15H20N2O4/c18-13(11-8-12(21-17-11)10-4-5-10)16-9-15(14(19)20)6-2-1-3-7-15/h8,10H,1-7,9H2,(H,16,18)(H,19,20). The lowest BCUT2D eigenvalue weighted by atomic mass is 9.74. The van der Waals surface area contributed by atoms with E-state index in [0.717, 1.165) is 37.9 Å². The highest BCUT2D eigenvalue weighted by Gasteiger charge is 2.40. The van der Waals surface area contributed by atoms with E-state index in [4.69, 9.17) is 4.52 Å². The first-order chi connectivity index (χ1) is 10.1. The third kappa shape index (κ3) is 2.94. The van der Waals surface area contributed by atoms with Gasteiger partial charge in [-0.05, 0) is 25.7 Å². The van der Waals surface area contributed by atoms with E-state index < -0.39 is 11.4 Å². The zero-order valence-electron chi connectivity index (χ0n) is 11.9. The molecule has 0 radical (unpaired) electrons. The van der Waals surface area contributed by atoms with Crippen LogP contribution in [0.2, 0.25) is 0 Å². The van der Waals surface area contributed by atoms with Crippen molar-refractivity contribution in [3.8, 4) is 0 Å². The fourth-order valence-electron chi connectivity index (χ4n) is 2.99. The predicted octanol–water partition coefficient (Wildman–Crippen LogP) is 2.32. The molecule has 1 aromatic heterocycles. The van der Waals surface area contributed by atoms with Gasteiger partial charge in [-0.1, -0.05) is 24.4 Å². The Morgan fingerprint density at radius 3 is 2.67 bits per heavy atom. The number of aromatic nitrogens is 1. The second kappa shape index (κ2) is 5.50. The summed E-state index contributed by atoms with van der Waals surface area (Å²) in [6.45, 7) is 0.160. The fourth-order valence-corrected chi connectivity index (χ4v) is 2.99. The number of carboxylic acid groups (broad SMARTS) is 1. The molecule has 2 aliphatic carbocycles. The van der Waals surface area contributed by atoms with Gasteiger partial charge in [0.15, 0.2) is 5.69 Å². The van der Waals surface area contributed by atoms with Crippen LogP contribution in [0.5, 0.6) is 0 Å². The van der Waals surface area contributed by atoms with Gasteiger partial charge in [-0.2, -0.15) is 0 Å². The third-order valence-electron chi connectivity index (χ3n) is 4.59. The maximum absolute atomic E-state index is 12.1. The molecule has 114 valence electrons. The molecule has 0 bridgehead atoms. The van der Waals surface area contributed by atoms with Gasteiger partial charge < -0.3 is 14.9 Å². The van der Waals surface area contributed by atoms with Crippen LogP contribution in [-0.4, -0.2) is 28.7 Å². The molecule has 1 amide bonds. The topological polar surface area (TPSA) is 92.4 Å². The minimum Gasteiger partial charge on any atom is -0.481 e. The van der Waals surface area contributed by atoms with E-state index in [-0.39, 0.29) is 18.1 Å². The molecule has 2 N–H and O–H groups in total. The molecule has 6 nitrogen and oxygen atoms in total. The van der Waals surface area contributed by atoms with Gasteiger partial charge in [-0.3, -0.25) is 9.59 Å². The van der Waals surface area contributed by atoms with Crippen LogP contribution in [0.1, 0.15) is 67.1 Å². The maximum atomic E-state index is 12.1. The largest absolute Gasteiger partial charge is 0.481 e. The Labute approximate surface area is 122 Å². The molecule has 0 atom stereocenters. The molecule has 2 fully saturated rings. The first kappa shape index (κ1) is 14.1. The Hall–Kier alpha value is -1.85. The Balaban J connectivity index is 1.61. The number of amides is 1. The molecule has 0 aromatic carbocycles. The number of hydrogen-bond acceptors (Lipinski definition) is 4. The van der Waals surface area contributed by atoms with Gasteiger partial charge in [0, 0.05) is 18.5 Å². The summed E-state index contributed by atoms with van der Waals surface area (Å²) in [5.74, 6) is -0.00769. The number of carboxylic acids is 1. The van der Waals surface area contributed by atoms with E-state index in [0.29, 0.717) is 18.8 Å². The highest BCUT2D eigenvalue weighted by atomic mass is 16.5. The van der Waals surface area contributed by atoms with Crippen molar-refractivity contribution in [3.05, 3.63) is 17.5 Å². The predicted molar refractivity (Wildman–Crippen MR) is 74.0 cm³/mol. The van der Waals surface area contributed by atoms with Crippen molar-refractivity contribution < 1.29 is 19.2 Å². The Kier molecular flexibility index (Phi) is 3.69. The van der Waals surface area contributed by atoms with E-state index in [1.165, 1.54) is 0 Å². The summed E-state index contributed by atoms with van der Waals surface area (Å²) < 4.78 is 5.15. The van der Waals surface area contributed by atoms with Crippen LogP contribution in [0.25, 0.3) is 0 Å². The maximum Gasteiger partial charge on any atom is 0.311 e. The molecule has 3 rings (SSSR count). The zero-order valence-corrected chi connectivity index (χ0v) is 11.9. The zero-order chi connectivity index (χ0) is 14.9. The van der Waals surface area contributed by atoms with Crippen molar-refractivity contribution in [1.29, 1.82) is 0 Å². The van der Waals surface area contributed by atoms with E-state index in [9.17, 15) is 14.7 Å². The summed E-state index contributed by atoms with van der Waals surface area (Å²) in [4.78, 5) is 23.6. The second-order valence-electron chi connectivity index (χ2n) is 6.22. The van der Waals surface area contributed by atoms with Crippen molar-refractivity contribution >= 4 is 11.9 Å². The summed E-state index contributed by atoms with van der Waals surface area (Å²) in [5, 5.41) is 16.0. The highest BCUT2D eigenvalue weighted by Crippen LogP contribution is 2.40. The lowest BCUT2D eigenvalue weighted by Crippen LogP contribution is -2.44. The lowest BCUT2D eigenvalue weighted by Gasteiger charge is -2.33. The number of carbonyl (C=O) groups is 2. The summed E-state index contributed by atoms with van der Waals surface area (Å²) >= 11 is 0. The monoisotopic (exact) mass is 292 g/mol. The molecule has 0 unspecified atom stereocenters. The van der Waals surface area contributed by atoms with Gasteiger partial charge in [0.2, 0.25) is 0 Å². The molecule has 0 spiro atoms. The molecule has 0 aliphatic heterocycles. The fraction of sp³-hybridized carbons (Fsp3) is 0.667. The Morgan fingerprint density at radius 2 is 2.05 bits per heavy atom. The smallest absolute Gasteiger partial charge is 0.311 e. The number of carbonyl (C=O) groups excluding carboxylic acids is 1. The normalized spacial score (nSPS) is 21.0. The van der Waals surface area contributed by atoms with E-state index in [1.54, 1.807) is 6.07 Å². The van der Waals surface area contributed by atoms with Crippen molar-refractivity contribution in [3.63, 3.8) is 0 Å². The number of nitrogens with one attached hydrogen (secondary N) is 1. The quantitative estimate of drug-likeness (QED) is 0.868. The van der Waals surface area contributed by atoms with Crippen LogP contribution in [0.3, 0.4) is 0 Å². The SMILES string of the molecule is O=C(NCC1(C(=O)O)CCCCC1)c1cc(C2CC2)on1. The molecule has 21 heavy (non-hydrogen) atoms. The summed E-state index contributed by atoms with van der Waals surface area (Å²) in [5.41, 5.74) is -0.579. The first-order valence-corrected chi connectivity index (χ1v) is 7.59. The summed E-state index contributed by atoms with van der Waals surface area (Å²) in [6.07, 6.45) is 6.27. The van der Waals surface area contributed by atoms with Crippen LogP contribution in [0.15, 0.2) is 10.6 Å². The summed E-state index contributed by atoms with van der Waals surface area (Å²) in [7, 11) is 0. The number of aliphatic carboxylic acids is 1. The first-order valence-electron chi connectivity index (χ1n) is 7.59. The van der Waals surface area contributed by atoms with E-state index in [2.05, 4.69) is 10.5 Å². The average Bonchev–Trinajstić information content (AvgIpc) is 3.23. The average molecular weight is 292 g/mol. The molecule has 2 saturated carbocycles. The Morgan fingerprint density at radius 1 is 1.33 bits per heavy atom. The van der Waals surface area contributed by atoms with Crippen molar-refractivity contribution in [2.45, 2.75) is 50.9 Å². The van der Waals surface area contributed by atoms with Crippen molar-refractivity contribution in [2.75, 3.05) is 6.54 Å². The van der Waals surface area contributed by atoms with E-state index in [1.807, 2.05) is 0 Å². The molecule has 1 aromatic rings. The minimum atomic E-state index is -0.822. The number of nitrogens with zero attached hydrogens (tertiary/aromatic N) is 1. The van der Waals surface area contributed by atoms with Gasteiger partial charge in [-0.25, -0.2) is 0 Å². The molecular formula is C15H20N2O4. The van der Waals surface area contributed by atoms with E-state index >= 15 is 0 Å². The van der Waals surface area contributed by atoms with Crippen LogP contribution in [-0.2, 0) is 4.79 Å². The number of hydrogen-bond donors (Lipinski definition) is 2. The number of rotatable bonds is 5. The Bertz CT molecular complexity index is 542. The van der Waals surface area contributed by atoms with Crippen molar-refractivity contribution in [1.82, 2.24) is 10.5 Å². The molecule has 6 heteroatoms. The minimum absolute atomic E-state index is 0.160. The van der Waals surface area contributed by atoms with Crippen molar-refractivity contribution in [2.24, 2.45) is 5.41 Å². The van der Waals surface area contributed by atoms with Gasteiger partial charge in [-0.15, -0.1) is 0 Å². The highest BCUT2D eigenvalue weighted by molar-refractivity contribution is 5.92. The molecule has 0 saturated heterocycles. The third-order valence-corrected chi connectivity index (χ3v) is 4.59. The van der Waals surface area contributed by atoms with Gasteiger partial charge in [0.1, 0.15) is 5.76 Å². The van der Waals surface area contributed by atoms with Gasteiger partial charge in [0.05, 0.1) is 5.41 Å².